The number of Topliss-reactive ketones (excluding diaryl/α,β-unsaturated/α-hetero) is 1. The summed E-state index contributed by atoms with van der Waals surface area (Å²) in [4.78, 5) is 12.5. The highest BCUT2D eigenvalue weighted by molar-refractivity contribution is 7.92. The van der Waals surface area contributed by atoms with E-state index in [2.05, 4.69) is 4.72 Å². The fraction of sp³-hybridized carbons (Fsp3) is 0.222. The minimum absolute atomic E-state index is 0.276. The molecule has 0 saturated heterocycles. The van der Waals surface area contributed by atoms with E-state index in [-0.39, 0.29) is 5.78 Å². The second-order valence-corrected chi connectivity index (χ2v) is 7.30. The molecular weight excluding hydrogens is 356 g/mol. The number of nitriles is 1. The standard InChI is InChI=1S/C18H18N2O5S/c1-12(25-16-9-4-13(11-19)10-17(16)24-2)18(21)14-5-7-15(8-6-14)20-26(3,22)23/h4-10,12,20H,1-3H3/t12-/m0/s1. The van der Waals surface area contributed by atoms with Crippen LogP contribution in [0, 0.1) is 11.3 Å². The molecule has 8 heteroatoms. The highest BCUT2D eigenvalue weighted by atomic mass is 32.2. The average Bonchev–Trinajstić information content (AvgIpc) is 2.60. The molecular formula is C18H18N2O5S. The van der Waals surface area contributed by atoms with Crippen molar-refractivity contribution in [1.29, 1.82) is 5.26 Å². The molecule has 0 aromatic heterocycles. The lowest BCUT2D eigenvalue weighted by Gasteiger charge is -2.16. The fourth-order valence-electron chi connectivity index (χ4n) is 2.23. The van der Waals surface area contributed by atoms with E-state index >= 15 is 0 Å². The van der Waals surface area contributed by atoms with Gasteiger partial charge in [-0.3, -0.25) is 9.52 Å². The van der Waals surface area contributed by atoms with E-state index < -0.39 is 16.1 Å². The van der Waals surface area contributed by atoms with Crippen molar-refractivity contribution in [2.45, 2.75) is 13.0 Å². The zero-order valence-electron chi connectivity index (χ0n) is 14.5. The smallest absolute Gasteiger partial charge is 0.229 e. The van der Waals surface area contributed by atoms with E-state index in [1.54, 1.807) is 19.1 Å². The predicted molar refractivity (Wildman–Crippen MR) is 97.0 cm³/mol. The molecule has 7 nitrogen and oxygen atoms in total. The third-order valence-electron chi connectivity index (χ3n) is 3.44. The minimum Gasteiger partial charge on any atom is -0.493 e. The van der Waals surface area contributed by atoms with Gasteiger partial charge in [0.2, 0.25) is 15.8 Å². The summed E-state index contributed by atoms with van der Waals surface area (Å²) in [6, 6.07) is 12.7. The van der Waals surface area contributed by atoms with Gasteiger partial charge in [0.25, 0.3) is 0 Å². The number of nitrogens with one attached hydrogen (secondary N) is 1. The molecule has 136 valence electrons. The third kappa shape index (κ3) is 4.97. The number of hydrogen-bond donors (Lipinski definition) is 1. The maximum atomic E-state index is 12.5. The van der Waals surface area contributed by atoms with Crippen LogP contribution in [0.1, 0.15) is 22.8 Å². The molecule has 0 heterocycles. The van der Waals surface area contributed by atoms with Gasteiger partial charge in [-0.15, -0.1) is 0 Å². The lowest BCUT2D eigenvalue weighted by atomic mass is 10.1. The van der Waals surface area contributed by atoms with Crippen LogP contribution in [0.2, 0.25) is 0 Å². The van der Waals surface area contributed by atoms with Gasteiger partial charge in [-0.05, 0) is 43.3 Å². The molecule has 1 atom stereocenters. The lowest BCUT2D eigenvalue weighted by Crippen LogP contribution is -2.24. The number of rotatable bonds is 7. The molecule has 2 aromatic carbocycles. The van der Waals surface area contributed by atoms with Gasteiger partial charge in [0.05, 0.1) is 25.0 Å². The summed E-state index contributed by atoms with van der Waals surface area (Å²) in [6.07, 6.45) is 0.248. The Balaban J connectivity index is 2.14. The van der Waals surface area contributed by atoms with Crippen LogP contribution in [-0.2, 0) is 10.0 Å². The quantitative estimate of drug-likeness (QED) is 0.747. The summed E-state index contributed by atoms with van der Waals surface area (Å²) in [5.74, 6) is 0.432. The van der Waals surface area contributed by atoms with Crippen LogP contribution in [-0.4, -0.2) is 33.7 Å². The maximum Gasteiger partial charge on any atom is 0.229 e. The van der Waals surface area contributed by atoms with Crippen LogP contribution in [0.4, 0.5) is 5.69 Å². The number of hydrogen-bond acceptors (Lipinski definition) is 6. The number of anilines is 1. The predicted octanol–water partition coefficient (Wildman–Crippen LogP) is 2.59. The highest BCUT2D eigenvalue weighted by Gasteiger charge is 2.19. The van der Waals surface area contributed by atoms with Crippen LogP contribution in [0.5, 0.6) is 11.5 Å². The summed E-state index contributed by atoms with van der Waals surface area (Å²) in [5, 5.41) is 8.92. The molecule has 0 unspecified atom stereocenters. The Kier molecular flexibility index (Phi) is 5.85. The number of ether oxygens (including phenoxy) is 2. The van der Waals surface area contributed by atoms with Crippen LogP contribution < -0.4 is 14.2 Å². The Morgan fingerprint density at radius 2 is 1.81 bits per heavy atom. The molecule has 0 aliphatic carbocycles. The van der Waals surface area contributed by atoms with E-state index in [9.17, 15) is 13.2 Å². The second kappa shape index (κ2) is 7.89. The van der Waals surface area contributed by atoms with Gasteiger partial charge in [0.1, 0.15) is 0 Å². The number of nitrogens with zero attached hydrogens (tertiary/aromatic N) is 1. The zero-order valence-corrected chi connectivity index (χ0v) is 15.3. The largest absolute Gasteiger partial charge is 0.493 e. The molecule has 26 heavy (non-hydrogen) atoms. The number of carbonyl (C=O) groups is 1. The van der Waals surface area contributed by atoms with Gasteiger partial charge in [-0.25, -0.2) is 8.42 Å². The third-order valence-corrected chi connectivity index (χ3v) is 4.04. The molecule has 2 rings (SSSR count). The maximum absolute atomic E-state index is 12.5. The molecule has 0 amide bonds. The van der Waals surface area contributed by atoms with Gasteiger partial charge in [-0.1, -0.05) is 0 Å². The van der Waals surface area contributed by atoms with Crippen molar-refractivity contribution in [1.82, 2.24) is 0 Å². The van der Waals surface area contributed by atoms with Gasteiger partial charge >= 0.3 is 0 Å². The fourth-order valence-corrected chi connectivity index (χ4v) is 2.79. The van der Waals surface area contributed by atoms with Crippen LogP contribution >= 0.6 is 0 Å². The summed E-state index contributed by atoms with van der Waals surface area (Å²) < 4.78 is 35.6. The van der Waals surface area contributed by atoms with Crippen LogP contribution in [0.3, 0.4) is 0 Å². The molecule has 0 aliphatic heterocycles. The Bertz CT molecular complexity index is 947. The van der Waals surface area contributed by atoms with E-state index in [1.807, 2.05) is 6.07 Å². The number of sulfonamides is 1. The number of benzene rings is 2. The molecule has 1 N–H and O–H groups in total. The first-order valence-electron chi connectivity index (χ1n) is 7.60. The van der Waals surface area contributed by atoms with E-state index in [0.29, 0.717) is 28.3 Å². The normalized spacial score (nSPS) is 11.9. The summed E-state index contributed by atoms with van der Waals surface area (Å²) >= 11 is 0. The van der Waals surface area contributed by atoms with Crippen molar-refractivity contribution in [3.63, 3.8) is 0 Å². The van der Waals surface area contributed by atoms with Crippen molar-refractivity contribution >= 4 is 21.5 Å². The first-order valence-corrected chi connectivity index (χ1v) is 9.49. The lowest BCUT2D eigenvalue weighted by molar-refractivity contribution is 0.0814. The topological polar surface area (TPSA) is 105 Å². The number of carbonyl (C=O) groups excluding carboxylic acids is 1. The molecule has 0 aliphatic rings. The Morgan fingerprint density at radius 1 is 1.15 bits per heavy atom. The van der Waals surface area contributed by atoms with E-state index in [4.69, 9.17) is 14.7 Å². The SMILES string of the molecule is COc1cc(C#N)ccc1O[C@@H](C)C(=O)c1ccc(NS(C)(=O)=O)cc1. The number of methoxy groups -OCH3 is 1. The van der Waals surface area contributed by atoms with E-state index in [0.717, 1.165) is 6.26 Å². The van der Waals surface area contributed by atoms with Crippen molar-refractivity contribution in [3.05, 3.63) is 53.6 Å². The molecule has 2 aromatic rings. The molecule has 0 saturated carbocycles. The first kappa shape index (κ1) is 19.3. The highest BCUT2D eigenvalue weighted by Crippen LogP contribution is 2.29. The Labute approximate surface area is 152 Å². The summed E-state index contributed by atoms with van der Waals surface area (Å²) in [6.45, 7) is 1.60. The van der Waals surface area contributed by atoms with Gasteiger partial charge in [0, 0.05) is 17.3 Å². The van der Waals surface area contributed by atoms with Gasteiger partial charge in [0.15, 0.2) is 17.6 Å². The first-order chi connectivity index (χ1) is 12.2. The van der Waals surface area contributed by atoms with Gasteiger partial charge in [-0.2, -0.15) is 5.26 Å². The molecule has 0 radical (unpaired) electrons. The Morgan fingerprint density at radius 3 is 2.35 bits per heavy atom. The minimum atomic E-state index is -3.38. The van der Waals surface area contributed by atoms with Crippen molar-refractivity contribution in [3.8, 4) is 17.6 Å². The zero-order chi connectivity index (χ0) is 19.3. The summed E-state index contributed by atoms with van der Waals surface area (Å²) in [5.41, 5.74) is 1.16. The van der Waals surface area contributed by atoms with Crippen LogP contribution in [0.25, 0.3) is 0 Å². The molecule has 0 bridgehead atoms. The Hall–Kier alpha value is -3.05. The van der Waals surface area contributed by atoms with Gasteiger partial charge < -0.3 is 9.47 Å². The second-order valence-electron chi connectivity index (χ2n) is 5.55. The average molecular weight is 374 g/mol. The van der Waals surface area contributed by atoms with Crippen molar-refractivity contribution in [2.75, 3.05) is 18.1 Å². The molecule has 0 fully saturated rings. The van der Waals surface area contributed by atoms with E-state index in [1.165, 1.54) is 37.4 Å². The van der Waals surface area contributed by atoms with Crippen molar-refractivity contribution in [2.24, 2.45) is 0 Å². The molecule has 0 spiro atoms. The summed E-state index contributed by atoms with van der Waals surface area (Å²) in [7, 11) is -1.93. The monoisotopic (exact) mass is 374 g/mol. The van der Waals surface area contributed by atoms with Crippen LogP contribution in [0.15, 0.2) is 42.5 Å². The number of ketones is 1. The van der Waals surface area contributed by atoms with Crippen molar-refractivity contribution < 1.29 is 22.7 Å².